The highest BCUT2D eigenvalue weighted by atomic mass is 16.5. The molecule has 6 heteroatoms. The summed E-state index contributed by atoms with van der Waals surface area (Å²) in [4.78, 5) is 40.9. The minimum absolute atomic E-state index is 0.0164. The van der Waals surface area contributed by atoms with Crippen LogP contribution in [0.15, 0.2) is 36.2 Å². The number of nitrogens with zero attached hydrogens (tertiary/aromatic N) is 1. The number of aromatic nitrogens is 1. The minimum Gasteiger partial charge on any atom is -0.462 e. The summed E-state index contributed by atoms with van der Waals surface area (Å²) in [7, 11) is 0. The molecule has 0 spiro atoms. The van der Waals surface area contributed by atoms with Crippen molar-refractivity contribution in [2.45, 2.75) is 90.7 Å². The summed E-state index contributed by atoms with van der Waals surface area (Å²) >= 11 is 0. The van der Waals surface area contributed by atoms with Gasteiger partial charge < -0.3 is 10.1 Å². The Balaban J connectivity index is 1.16. The van der Waals surface area contributed by atoms with Crippen molar-refractivity contribution in [3.63, 3.8) is 0 Å². The number of amides is 1. The lowest BCUT2D eigenvalue weighted by Crippen LogP contribution is -2.51. The van der Waals surface area contributed by atoms with Gasteiger partial charge in [-0.2, -0.15) is 0 Å². The van der Waals surface area contributed by atoms with Crippen molar-refractivity contribution in [3.05, 3.63) is 41.7 Å². The molecule has 6 atom stereocenters. The molecule has 1 aromatic rings. The van der Waals surface area contributed by atoms with Crippen LogP contribution in [0.4, 0.5) is 0 Å². The molecule has 0 aromatic carbocycles. The molecule has 0 saturated heterocycles. The van der Waals surface area contributed by atoms with Crippen LogP contribution in [0.1, 0.15) is 83.6 Å². The molecule has 3 fully saturated rings. The summed E-state index contributed by atoms with van der Waals surface area (Å²) in [6.45, 7) is 5.17. The third-order valence-corrected chi connectivity index (χ3v) is 9.94. The Hall–Kier alpha value is -2.50. The molecule has 0 unspecified atom stereocenters. The Morgan fingerprint density at radius 1 is 1.03 bits per heavy atom. The minimum atomic E-state index is -0.260. The van der Waals surface area contributed by atoms with Gasteiger partial charge in [-0.15, -0.1) is 0 Å². The van der Waals surface area contributed by atoms with Gasteiger partial charge in [0.15, 0.2) is 5.78 Å². The Morgan fingerprint density at radius 3 is 2.63 bits per heavy atom. The highest BCUT2D eigenvalue weighted by molar-refractivity contribution is 5.91. The lowest BCUT2D eigenvalue weighted by Gasteiger charge is -2.57. The van der Waals surface area contributed by atoms with Crippen molar-refractivity contribution in [1.29, 1.82) is 0 Å². The fourth-order valence-corrected chi connectivity index (χ4v) is 7.93. The van der Waals surface area contributed by atoms with E-state index in [9.17, 15) is 14.4 Å². The Bertz CT molecular complexity index is 1020. The van der Waals surface area contributed by atoms with Crippen LogP contribution in [-0.2, 0) is 25.7 Å². The fourth-order valence-electron chi connectivity index (χ4n) is 7.93. The number of allylic oxidation sites excluding steroid dienone is 1. The molecule has 4 aliphatic rings. The third kappa shape index (κ3) is 4.56. The van der Waals surface area contributed by atoms with Gasteiger partial charge in [-0.1, -0.05) is 19.4 Å². The van der Waals surface area contributed by atoms with E-state index in [0.717, 1.165) is 50.5 Å². The first-order valence-electron chi connectivity index (χ1n) is 13.4. The molecule has 1 heterocycles. The maximum atomic E-state index is 12.7. The van der Waals surface area contributed by atoms with E-state index in [1.165, 1.54) is 5.57 Å². The number of ketones is 1. The Kier molecular flexibility index (Phi) is 6.58. The highest BCUT2D eigenvalue weighted by Gasteiger charge is 2.59. The van der Waals surface area contributed by atoms with E-state index < -0.39 is 0 Å². The molecule has 35 heavy (non-hydrogen) atoms. The standard InChI is InChI=1S/C29H38N2O4/c1-28-13-9-21(32)17-20(28)3-4-22-23-5-6-25(29(23,2)14-10-24(22)28)35-27(34)8-7-26(33)31-18-19-11-15-30-16-12-19/h11-12,15-17,22-25H,3-10,13-14,18H2,1-2H3,(H,31,33)/t22-,23-,24+,25-,28-,29-/m0/s1. The first kappa shape index (κ1) is 24.2. The first-order chi connectivity index (χ1) is 16.8. The van der Waals surface area contributed by atoms with Gasteiger partial charge in [0.05, 0.1) is 6.42 Å². The van der Waals surface area contributed by atoms with Crippen LogP contribution in [0, 0.1) is 28.6 Å². The van der Waals surface area contributed by atoms with Gasteiger partial charge in [0, 0.05) is 37.2 Å². The van der Waals surface area contributed by atoms with E-state index in [2.05, 4.69) is 24.1 Å². The number of ether oxygens (including phenoxy) is 1. The van der Waals surface area contributed by atoms with Gasteiger partial charge in [-0.3, -0.25) is 19.4 Å². The molecule has 0 radical (unpaired) electrons. The van der Waals surface area contributed by atoms with Crippen LogP contribution in [0.25, 0.3) is 0 Å². The molecule has 4 aliphatic carbocycles. The maximum absolute atomic E-state index is 12.7. The van der Waals surface area contributed by atoms with Crippen LogP contribution < -0.4 is 5.32 Å². The lowest BCUT2D eigenvalue weighted by molar-refractivity contribution is -0.160. The van der Waals surface area contributed by atoms with Crippen molar-refractivity contribution in [3.8, 4) is 0 Å². The number of fused-ring (bicyclic) bond motifs is 5. The summed E-state index contributed by atoms with van der Waals surface area (Å²) in [5.41, 5.74) is 2.55. The molecule has 5 rings (SSSR count). The van der Waals surface area contributed by atoms with E-state index >= 15 is 0 Å². The Labute approximate surface area is 208 Å². The SMILES string of the molecule is C[C@]12CC[C@@H]3[C@@H](CCC4=CC(=O)CC[C@@]43C)[C@@H]1CC[C@@H]2OC(=O)CCC(=O)NCc1ccncc1. The van der Waals surface area contributed by atoms with Gasteiger partial charge in [0.1, 0.15) is 6.10 Å². The third-order valence-electron chi connectivity index (χ3n) is 9.94. The summed E-state index contributed by atoms with van der Waals surface area (Å²) in [5.74, 6) is 1.75. The summed E-state index contributed by atoms with van der Waals surface area (Å²) < 4.78 is 6.04. The van der Waals surface area contributed by atoms with E-state index in [1.807, 2.05) is 18.2 Å². The monoisotopic (exact) mass is 478 g/mol. The van der Waals surface area contributed by atoms with Crippen molar-refractivity contribution in [1.82, 2.24) is 10.3 Å². The molecule has 188 valence electrons. The molecule has 0 aliphatic heterocycles. The number of pyridine rings is 1. The highest BCUT2D eigenvalue weighted by Crippen LogP contribution is 2.65. The van der Waals surface area contributed by atoms with Crippen LogP contribution >= 0.6 is 0 Å². The largest absolute Gasteiger partial charge is 0.462 e. The molecular formula is C29H38N2O4. The fraction of sp³-hybridized carbons (Fsp3) is 0.655. The quantitative estimate of drug-likeness (QED) is 0.587. The molecule has 6 nitrogen and oxygen atoms in total. The van der Waals surface area contributed by atoms with Crippen LogP contribution in [-0.4, -0.2) is 28.7 Å². The van der Waals surface area contributed by atoms with E-state index in [4.69, 9.17) is 4.74 Å². The number of rotatable bonds is 6. The molecule has 3 saturated carbocycles. The zero-order chi connectivity index (χ0) is 24.6. The van der Waals surface area contributed by atoms with E-state index in [-0.39, 0.29) is 41.7 Å². The second-order valence-corrected chi connectivity index (χ2v) is 11.7. The number of nitrogens with one attached hydrogen (secondary N) is 1. The second kappa shape index (κ2) is 9.51. The topological polar surface area (TPSA) is 85.4 Å². The van der Waals surface area contributed by atoms with Crippen molar-refractivity contribution in [2.75, 3.05) is 0 Å². The zero-order valence-electron chi connectivity index (χ0n) is 21.1. The Morgan fingerprint density at radius 2 is 1.83 bits per heavy atom. The number of carbonyl (C=O) groups is 3. The van der Waals surface area contributed by atoms with Crippen LogP contribution in [0.2, 0.25) is 0 Å². The summed E-state index contributed by atoms with van der Waals surface area (Å²) in [6.07, 6.45) is 13.7. The predicted octanol–water partition coefficient (Wildman–Crippen LogP) is 4.92. The van der Waals surface area contributed by atoms with Crippen LogP contribution in [0.5, 0.6) is 0 Å². The number of esters is 1. The predicted molar refractivity (Wildman–Crippen MR) is 132 cm³/mol. The van der Waals surface area contributed by atoms with Gasteiger partial charge in [0.25, 0.3) is 0 Å². The van der Waals surface area contributed by atoms with Crippen molar-refractivity contribution >= 4 is 17.7 Å². The molecule has 0 bridgehead atoms. The maximum Gasteiger partial charge on any atom is 0.306 e. The van der Waals surface area contributed by atoms with Gasteiger partial charge >= 0.3 is 5.97 Å². The van der Waals surface area contributed by atoms with Crippen LogP contribution in [0.3, 0.4) is 0 Å². The first-order valence-corrected chi connectivity index (χ1v) is 13.4. The number of carbonyl (C=O) groups excluding carboxylic acids is 3. The van der Waals surface area contributed by atoms with Crippen molar-refractivity contribution in [2.24, 2.45) is 28.6 Å². The molecular weight excluding hydrogens is 440 g/mol. The molecule has 1 aromatic heterocycles. The van der Waals surface area contributed by atoms with Crippen molar-refractivity contribution < 1.29 is 19.1 Å². The van der Waals surface area contributed by atoms with E-state index in [1.54, 1.807) is 12.4 Å². The average molecular weight is 479 g/mol. The molecule has 1 amide bonds. The van der Waals surface area contributed by atoms with Gasteiger partial charge in [-0.05, 0) is 91.9 Å². The zero-order valence-corrected chi connectivity index (χ0v) is 21.1. The lowest BCUT2D eigenvalue weighted by atomic mass is 9.47. The van der Waals surface area contributed by atoms with Gasteiger partial charge in [0.2, 0.25) is 5.91 Å². The second-order valence-electron chi connectivity index (χ2n) is 11.7. The molecule has 1 N–H and O–H groups in total. The number of hydrogen-bond donors (Lipinski definition) is 1. The smallest absolute Gasteiger partial charge is 0.306 e. The number of hydrogen-bond acceptors (Lipinski definition) is 5. The average Bonchev–Trinajstić information content (AvgIpc) is 3.18. The van der Waals surface area contributed by atoms with E-state index in [0.29, 0.717) is 36.5 Å². The summed E-state index contributed by atoms with van der Waals surface area (Å²) in [6, 6.07) is 3.72. The van der Waals surface area contributed by atoms with Gasteiger partial charge in [-0.25, -0.2) is 0 Å². The summed E-state index contributed by atoms with van der Waals surface area (Å²) in [5, 5.41) is 2.86. The normalized spacial score (nSPS) is 35.8.